The third kappa shape index (κ3) is 8.37. The predicted octanol–water partition coefficient (Wildman–Crippen LogP) is 4.81. The molecule has 2 aliphatic rings. The fourth-order valence-electron chi connectivity index (χ4n) is 6.57. The molecule has 2 aliphatic heterocycles. The Labute approximate surface area is 311 Å². The van der Waals surface area contributed by atoms with Gasteiger partial charge in [0.2, 0.25) is 23.4 Å². The van der Waals surface area contributed by atoms with Crippen molar-refractivity contribution in [2.24, 2.45) is 0 Å². The number of anilines is 1. The molecule has 0 saturated heterocycles. The van der Waals surface area contributed by atoms with Crippen LogP contribution in [0.15, 0.2) is 72.8 Å². The van der Waals surface area contributed by atoms with Crippen LogP contribution in [-0.4, -0.2) is 66.6 Å². The number of para-hydroxylation sites is 1. The van der Waals surface area contributed by atoms with E-state index >= 15 is 0 Å². The molecule has 0 aromatic heterocycles. The number of rotatable bonds is 13. The smallest absolute Gasteiger partial charge is 0.413 e. The summed E-state index contributed by atoms with van der Waals surface area (Å²) in [7, 11) is 1.46. The molecule has 0 fully saturated rings. The Bertz CT molecular complexity index is 2140. The number of benzene rings is 4. The molecule has 4 aromatic rings. The lowest BCUT2D eigenvalue weighted by Gasteiger charge is -2.29. The van der Waals surface area contributed by atoms with E-state index in [0.717, 1.165) is 5.56 Å². The number of amides is 3. The molecule has 286 valence electrons. The number of carbonyl (C=O) groups is 5. The number of aliphatic carboxylic acids is 1. The highest BCUT2D eigenvalue weighted by Gasteiger charge is 2.45. The number of nitrogens with one attached hydrogen (secondary N) is 2. The predicted molar refractivity (Wildman–Crippen MR) is 186 cm³/mol. The SMILES string of the molecule is COc1ccc(Cc2ccccc2)c(OC(=O)NC2CCc3cccc4c3N(C2=O)C(C(=O)NC(CC(=O)O)C(=O)COc2c(F)c(F)cc(F)c2F)C4)c1. The summed E-state index contributed by atoms with van der Waals surface area (Å²) in [5.74, 6) is -12.8. The van der Waals surface area contributed by atoms with E-state index < -0.39 is 89.8 Å². The van der Waals surface area contributed by atoms with E-state index in [9.17, 15) is 46.6 Å². The Hall–Kier alpha value is -6.45. The molecule has 0 spiro atoms. The second-order valence-corrected chi connectivity index (χ2v) is 12.8. The Morgan fingerprint density at radius 2 is 1.64 bits per heavy atom. The summed E-state index contributed by atoms with van der Waals surface area (Å²) in [4.78, 5) is 67.3. The first-order valence-electron chi connectivity index (χ1n) is 17.0. The van der Waals surface area contributed by atoms with E-state index in [1.807, 2.05) is 30.3 Å². The number of Topliss-reactive ketones (excluding diaryl/α,β-unsaturated/α-hetero) is 1. The lowest BCUT2D eigenvalue weighted by atomic mass is 10.0. The molecule has 0 aliphatic carbocycles. The van der Waals surface area contributed by atoms with Crippen molar-refractivity contribution < 1.29 is 60.9 Å². The Balaban J connectivity index is 1.19. The summed E-state index contributed by atoms with van der Waals surface area (Å²) in [6, 6.07) is 15.2. The van der Waals surface area contributed by atoms with Crippen LogP contribution < -0.4 is 29.7 Å². The minimum Gasteiger partial charge on any atom is -0.497 e. The van der Waals surface area contributed by atoms with Crippen molar-refractivity contribution in [3.63, 3.8) is 0 Å². The minimum absolute atomic E-state index is 0.0476. The van der Waals surface area contributed by atoms with Crippen molar-refractivity contribution in [3.8, 4) is 17.2 Å². The number of hydrogen-bond donors (Lipinski definition) is 3. The second-order valence-electron chi connectivity index (χ2n) is 12.8. The lowest BCUT2D eigenvalue weighted by molar-refractivity contribution is -0.140. The zero-order valence-electron chi connectivity index (χ0n) is 29.1. The topological polar surface area (TPSA) is 161 Å². The van der Waals surface area contributed by atoms with Crippen molar-refractivity contribution in [2.75, 3.05) is 18.6 Å². The Morgan fingerprint density at radius 1 is 0.927 bits per heavy atom. The molecule has 3 N–H and O–H groups in total. The van der Waals surface area contributed by atoms with Crippen LogP contribution in [0.2, 0.25) is 0 Å². The van der Waals surface area contributed by atoms with E-state index in [2.05, 4.69) is 10.6 Å². The normalized spacial score (nSPS) is 16.4. The average Bonchev–Trinajstić information content (AvgIpc) is 3.50. The van der Waals surface area contributed by atoms with Gasteiger partial charge in [0, 0.05) is 25.0 Å². The standard InChI is InChI=1S/C39H33F4N3O9/c1-53-24-12-10-22(14-20-6-3-2-4-7-20)31(16-24)55-39(52)45-27-13-11-21-8-5-9-23-15-29(46(35(21)23)38(27)51)37(50)44-28(18-32(48)49)30(47)19-54-36-33(42)25(40)17-26(41)34(36)43/h2-10,12,16-17,27-29H,11,13-15,18-19H2,1H3,(H,44,50)(H,45,52)(H,48,49). The van der Waals surface area contributed by atoms with Crippen molar-refractivity contribution in [2.45, 2.75) is 50.2 Å². The first-order chi connectivity index (χ1) is 26.3. The van der Waals surface area contributed by atoms with E-state index in [1.165, 1.54) is 12.0 Å². The summed E-state index contributed by atoms with van der Waals surface area (Å²) in [5, 5.41) is 14.4. The van der Waals surface area contributed by atoms with Crippen molar-refractivity contribution in [3.05, 3.63) is 118 Å². The number of methoxy groups -OCH3 is 1. The fourth-order valence-corrected chi connectivity index (χ4v) is 6.57. The van der Waals surface area contributed by atoms with Crippen molar-refractivity contribution in [1.82, 2.24) is 10.6 Å². The highest BCUT2D eigenvalue weighted by Crippen LogP contribution is 2.39. The highest BCUT2D eigenvalue weighted by atomic mass is 19.2. The highest BCUT2D eigenvalue weighted by molar-refractivity contribution is 6.08. The molecular formula is C39H33F4N3O9. The van der Waals surface area contributed by atoms with Gasteiger partial charge in [0.15, 0.2) is 23.2 Å². The number of carbonyl (C=O) groups excluding carboxylic acids is 4. The quantitative estimate of drug-likeness (QED) is 0.128. The van der Waals surface area contributed by atoms with Gasteiger partial charge in [0.25, 0.3) is 0 Å². The maximum Gasteiger partial charge on any atom is 0.413 e. The number of carboxylic acid groups (broad SMARTS) is 1. The van der Waals surface area contributed by atoms with Gasteiger partial charge in [0.05, 0.1) is 19.2 Å². The summed E-state index contributed by atoms with van der Waals surface area (Å²) in [5.41, 5.74) is 3.33. The van der Waals surface area contributed by atoms with Gasteiger partial charge in [0.1, 0.15) is 36.2 Å². The first-order valence-corrected chi connectivity index (χ1v) is 17.0. The zero-order valence-corrected chi connectivity index (χ0v) is 29.1. The van der Waals surface area contributed by atoms with Gasteiger partial charge in [-0.3, -0.25) is 24.1 Å². The van der Waals surface area contributed by atoms with Gasteiger partial charge in [-0.25, -0.2) is 13.6 Å². The molecule has 0 bridgehead atoms. The van der Waals surface area contributed by atoms with Crippen LogP contribution in [0.25, 0.3) is 0 Å². The Kier molecular flexibility index (Phi) is 11.3. The van der Waals surface area contributed by atoms with E-state index in [0.29, 0.717) is 41.0 Å². The van der Waals surface area contributed by atoms with Crippen LogP contribution in [0.5, 0.6) is 17.2 Å². The first kappa shape index (κ1) is 38.3. The fraction of sp³-hybridized carbons (Fsp3) is 0.256. The summed E-state index contributed by atoms with van der Waals surface area (Å²) in [6.07, 6.45) is -1.15. The molecule has 4 aromatic carbocycles. The molecule has 3 atom stereocenters. The zero-order chi connectivity index (χ0) is 39.4. The molecule has 16 heteroatoms. The number of halogens is 4. The molecule has 3 amide bonds. The maximum atomic E-state index is 14.2. The van der Waals surface area contributed by atoms with Gasteiger partial charge in [-0.05, 0) is 41.2 Å². The van der Waals surface area contributed by atoms with Crippen LogP contribution in [0.3, 0.4) is 0 Å². The Morgan fingerprint density at radius 3 is 2.33 bits per heavy atom. The number of aryl methyl sites for hydroxylation is 1. The van der Waals surface area contributed by atoms with Gasteiger partial charge in [-0.2, -0.15) is 8.78 Å². The second kappa shape index (κ2) is 16.3. The summed E-state index contributed by atoms with van der Waals surface area (Å²) >= 11 is 0. The van der Waals surface area contributed by atoms with E-state index in [4.69, 9.17) is 14.2 Å². The van der Waals surface area contributed by atoms with Gasteiger partial charge in [-0.1, -0.05) is 54.6 Å². The van der Waals surface area contributed by atoms with Gasteiger partial charge >= 0.3 is 12.1 Å². The summed E-state index contributed by atoms with van der Waals surface area (Å²) in [6.45, 7) is -1.28. The van der Waals surface area contributed by atoms with E-state index in [1.54, 1.807) is 36.4 Å². The van der Waals surface area contributed by atoms with Crippen LogP contribution >= 0.6 is 0 Å². The van der Waals surface area contributed by atoms with Crippen LogP contribution in [0.4, 0.5) is 28.0 Å². The van der Waals surface area contributed by atoms with Crippen LogP contribution in [0.1, 0.15) is 35.1 Å². The largest absolute Gasteiger partial charge is 0.497 e. The number of carboxylic acids is 1. The number of ether oxygens (including phenoxy) is 3. The maximum absolute atomic E-state index is 14.2. The molecule has 55 heavy (non-hydrogen) atoms. The molecule has 2 heterocycles. The van der Waals surface area contributed by atoms with Crippen molar-refractivity contribution >= 4 is 35.3 Å². The lowest BCUT2D eigenvalue weighted by Crippen LogP contribution is -2.57. The summed E-state index contributed by atoms with van der Waals surface area (Å²) < 4.78 is 71.3. The van der Waals surface area contributed by atoms with Crippen LogP contribution in [0, 0.1) is 23.3 Å². The monoisotopic (exact) mass is 763 g/mol. The minimum atomic E-state index is -1.92. The van der Waals surface area contributed by atoms with Gasteiger partial charge in [-0.15, -0.1) is 0 Å². The third-order valence-corrected chi connectivity index (χ3v) is 9.23. The third-order valence-electron chi connectivity index (χ3n) is 9.23. The molecule has 0 radical (unpaired) electrons. The number of nitrogens with zero attached hydrogens (tertiary/aromatic N) is 1. The molecule has 12 nitrogen and oxygen atoms in total. The molecule has 0 saturated carbocycles. The van der Waals surface area contributed by atoms with Crippen LogP contribution in [-0.2, 0) is 38.4 Å². The molecule has 3 unspecified atom stereocenters. The number of ketones is 1. The van der Waals surface area contributed by atoms with Gasteiger partial charge < -0.3 is 30.0 Å². The molecular weight excluding hydrogens is 730 g/mol. The molecule has 6 rings (SSSR count). The number of hydrogen-bond acceptors (Lipinski definition) is 8. The average molecular weight is 764 g/mol. The van der Waals surface area contributed by atoms with E-state index in [-0.39, 0.29) is 24.7 Å². The van der Waals surface area contributed by atoms with Crippen molar-refractivity contribution in [1.29, 1.82) is 0 Å².